The number of fused-ring (bicyclic) bond motifs is 2. The molecule has 192 valence electrons. The Bertz CT molecular complexity index is 1270. The van der Waals surface area contributed by atoms with Gasteiger partial charge in [-0.05, 0) is 50.1 Å². The maximum Gasteiger partial charge on any atom is 0.148 e. The van der Waals surface area contributed by atoms with E-state index in [-0.39, 0.29) is 12.4 Å². The van der Waals surface area contributed by atoms with Crippen molar-refractivity contribution in [3.05, 3.63) is 57.6 Å². The van der Waals surface area contributed by atoms with Crippen molar-refractivity contribution in [3.8, 4) is 11.8 Å². The molecule has 0 bridgehead atoms. The SMILES string of the molecule is CCNCCC#Cc1c2c(nc3cc(F)c(C)cc13)/C(=C/C(=C(\C=O)COC)[C@@](C)(O)CC)N(C)C2. The molecule has 0 radical (unpaired) electrons. The van der Waals surface area contributed by atoms with Gasteiger partial charge in [0.1, 0.15) is 12.1 Å². The number of nitrogens with one attached hydrogen (secondary N) is 1. The summed E-state index contributed by atoms with van der Waals surface area (Å²) < 4.78 is 19.8. The number of pyridine rings is 1. The fourth-order valence-electron chi connectivity index (χ4n) is 4.35. The first kappa shape index (κ1) is 27.5. The van der Waals surface area contributed by atoms with Crippen LogP contribution >= 0.6 is 0 Å². The quantitative estimate of drug-likeness (QED) is 0.237. The van der Waals surface area contributed by atoms with E-state index in [9.17, 15) is 14.3 Å². The van der Waals surface area contributed by atoms with E-state index < -0.39 is 5.60 Å². The van der Waals surface area contributed by atoms with E-state index in [1.165, 1.54) is 13.2 Å². The molecule has 6 nitrogen and oxygen atoms in total. The number of carbonyl (C=O) groups excluding carboxylic acids is 1. The van der Waals surface area contributed by atoms with Crippen LogP contribution < -0.4 is 5.32 Å². The summed E-state index contributed by atoms with van der Waals surface area (Å²) in [7, 11) is 3.44. The normalized spacial score (nSPS) is 16.4. The minimum absolute atomic E-state index is 0.0769. The van der Waals surface area contributed by atoms with Gasteiger partial charge in [0.15, 0.2) is 0 Å². The lowest BCUT2D eigenvalue weighted by molar-refractivity contribution is -0.105. The molecule has 2 heterocycles. The van der Waals surface area contributed by atoms with Gasteiger partial charge >= 0.3 is 0 Å². The number of hydrogen-bond acceptors (Lipinski definition) is 6. The van der Waals surface area contributed by atoms with Crippen molar-refractivity contribution in [2.75, 3.05) is 33.9 Å². The molecule has 0 amide bonds. The van der Waals surface area contributed by atoms with Gasteiger partial charge in [0.2, 0.25) is 0 Å². The zero-order chi connectivity index (χ0) is 26.5. The Morgan fingerprint density at radius 1 is 1.39 bits per heavy atom. The number of hydrogen-bond donors (Lipinski definition) is 2. The lowest BCUT2D eigenvalue weighted by Gasteiger charge is -2.26. The first-order valence-electron chi connectivity index (χ1n) is 12.3. The van der Waals surface area contributed by atoms with E-state index in [0.717, 1.165) is 41.6 Å². The summed E-state index contributed by atoms with van der Waals surface area (Å²) in [5, 5.41) is 15.2. The highest BCUT2D eigenvalue weighted by molar-refractivity contribution is 5.91. The topological polar surface area (TPSA) is 74.7 Å². The monoisotopic (exact) mass is 493 g/mol. The third-order valence-electron chi connectivity index (χ3n) is 6.64. The summed E-state index contributed by atoms with van der Waals surface area (Å²) in [6.45, 7) is 9.65. The minimum atomic E-state index is -1.25. The summed E-state index contributed by atoms with van der Waals surface area (Å²) in [5.74, 6) is 6.27. The first-order valence-corrected chi connectivity index (χ1v) is 12.3. The largest absolute Gasteiger partial charge is 0.385 e. The van der Waals surface area contributed by atoms with Crippen molar-refractivity contribution in [1.82, 2.24) is 15.2 Å². The highest BCUT2D eigenvalue weighted by atomic mass is 19.1. The van der Waals surface area contributed by atoms with Gasteiger partial charge in [-0.3, -0.25) is 4.79 Å². The molecule has 1 atom stereocenters. The Hall–Kier alpha value is -3.05. The van der Waals surface area contributed by atoms with Crippen LogP contribution in [0.1, 0.15) is 56.0 Å². The number of halogens is 1. The summed E-state index contributed by atoms with van der Waals surface area (Å²) in [6.07, 6.45) is 3.63. The molecule has 36 heavy (non-hydrogen) atoms. The highest BCUT2D eigenvalue weighted by Crippen LogP contribution is 2.38. The Kier molecular flexibility index (Phi) is 9.02. The lowest BCUT2D eigenvalue weighted by atomic mass is 9.88. The first-order chi connectivity index (χ1) is 17.2. The molecule has 1 aromatic heterocycles. The van der Waals surface area contributed by atoms with Crippen LogP contribution in [0.25, 0.3) is 16.6 Å². The Morgan fingerprint density at radius 3 is 2.78 bits per heavy atom. The summed E-state index contributed by atoms with van der Waals surface area (Å²) >= 11 is 0. The number of carbonyl (C=O) groups is 1. The molecular formula is C29H36FN3O3. The molecule has 0 spiro atoms. The van der Waals surface area contributed by atoms with E-state index >= 15 is 0 Å². The number of ether oxygens (including phenoxy) is 1. The summed E-state index contributed by atoms with van der Waals surface area (Å²) in [6, 6.07) is 3.26. The predicted molar refractivity (Wildman–Crippen MR) is 142 cm³/mol. The van der Waals surface area contributed by atoms with Gasteiger partial charge in [0, 0.05) is 61.8 Å². The summed E-state index contributed by atoms with van der Waals surface area (Å²) in [4.78, 5) is 18.8. The van der Waals surface area contributed by atoms with Crippen LogP contribution in [0, 0.1) is 24.6 Å². The van der Waals surface area contributed by atoms with Crippen LogP contribution in [0.15, 0.2) is 29.4 Å². The van der Waals surface area contributed by atoms with Crippen LogP contribution in [0.4, 0.5) is 4.39 Å². The number of nitrogens with zero attached hydrogens (tertiary/aromatic N) is 2. The fourth-order valence-corrected chi connectivity index (χ4v) is 4.35. The van der Waals surface area contributed by atoms with Gasteiger partial charge in [-0.2, -0.15) is 0 Å². The minimum Gasteiger partial charge on any atom is -0.385 e. The number of aliphatic hydroxyl groups is 1. The van der Waals surface area contributed by atoms with E-state index in [1.54, 1.807) is 13.8 Å². The third-order valence-corrected chi connectivity index (χ3v) is 6.64. The number of aromatic nitrogens is 1. The van der Waals surface area contributed by atoms with E-state index in [1.807, 2.05) is 31.0 Å². The van der Waals surface area contributed by atoms with Crippen molar-refractivity contribution >= 4 is 22.9 Å². The Balaban J connectivity index is 2.29. The molecule has 1 aromatic carbocycles. The smallest absolute Gasteiger partial charge is 0.148 e. The predicted octanol–water partition coefficient (Wildman–Crippen LogP) is 4.12. The standard InChI is InChI=1S/C29H36FN3O3/c1-7-29(4,35)24(20(17-34)18-36-6)14-27-28-23(16-33(27)5)21(11-9-10-12-31-8-2)22-13-19(3)25(30)15-26(22)32-28/h13-15,17,31,35H,7-8,10,12,16,18H2,1-6H3/b24-20-,27-14-/t29-/m0/s1. The molecule has 2 N–H and O–H groups in total. The number of benzene rings is 1. The zero-order valence-corrected chi connectivity index (χ0v) is 22.1. The van der Waals surface area contributed by atoms with Crippen LogP contribution in [0.3, 0.4) is 0 Å². The van der Waals surface area contributed by atoms with Crippen LogP contribution in [0.2, 0.25) is 0 Å². The number of methoxy groups -OCH3 is 1. The van der Waals surface area contributed by atoms with Gasteiger partial charge in [0.05, 0.1) is 29.1 Å². The van der Waals surface area contributed by atoms with Crippen LogP contribution in [0.5, 0.6) is 0 Å². The van der Waals surface area contributed by atoms with Crippen molar-refractivity contribution < 1.29 is 19.0 Å². The average Bonchev–Trinajstić information content (AvgIpc) is 3.16. The maximum atomic E-state index is 14.5. The molecule has 0 unspecified atom stereocenters. The van der Waals surface area contributed by atoms with Gasteiger partial charge in [0.25, 0.3) is 0 Å². The van der Waals surface area contributed by atoms with Crippen molar-refractivity contribution in [2.45, 2.75) is 52.7 Å². The van der Waals surface area contributed by atoms with Gasteiger partial charge in [-0.25, -0.2) is 9.37 Å². The van der Waals surface area contributed by atoms with Crippen molar-refractivity contribution in [1.29, 1.82) is 0 Å². The second-order valence-electron chi connectivity index (χ2n) is 9.34. The third kappa shape index (κ3) is 5.67. The van der Waals surface area contributed by atoms with E-state index in [0.29, 0.717) is 47.3 Å². The molecule has 0 aliphatic carbocycles. The fraction of sp³-hybridized carbons (Fsp3) is 0.448. The molecule has 3 rings (SSSR count). The summed E-state index contributed by atoms with van der Waals surface area (Å²) in [5.41, 5.74) is 3.87. The van der Waals surface area contributed by atoms with E-state index in [4.69, 9.17) is 9.72 Å². The molecule has 1 aliphatic rings. The van der Waals surface area contributed by atoms with E-state index in [2.05, 4.69) is 24.1 Å². The Morgan fingerprint density at radius 2 is 2.14 bits per heavy atom. The molecule has 7 heteroatoms. The molecule has 0 saturated carbocycles. The number of aryl methyl sites for hydroxylation is 1. The molecular weight excluding hydrogens is 457 g/mol. The number of aldehydes is 1. The highest BCUT2D eigenvalue weighted by Gasteiger charge is 2.31. The number of rotatable bonds is 9. The zero-order valence-electron chi connectivity index (χ0n) is 22.1. The molecule has 2 aromatic rings. The molecule has 0 fully saturated rings. The van der Waals surface area contributed by atoms with Gasteiger partial charge < -0.3 is 20.1 Å². The van der Waals surface area contributed by atoms with Gasteiger partial charge in [-0.15, -0.1) is 0 Å². The second kappa shape index (κ2) is 11.8. The van der Waals surface area contributed by atoms with Crippen LogP contribution in [-0.4, -0.2) is 60.7 Å². The van der Waals surface area contributed by atoms with Gasteiger partial charge in [-0.1, -0.05) is 25.7 Å². The van der Waals surface area contributed by atoms with Crippen molar-refractivity contribution in [2.24, 2.45) is 0 Å². The average molecular weight is 494 g/mol. The Labute approximate surface area is 213 Å². The molecule has 1 aliphatic heterocycles. The second-order valence-corrected chi connectivity index (χ2v) is 9.34. The van der Waals surface area contributed by atoms with Crippen molar-refractivity contribution in [3.63, 3.8) is 0 Å². The lowest BCUT2D eigenvalue weighted by Crippen LogP contribution is -2.28. The molecule has 0 saturated heterocycles. The van der Waals surface area contributed by atoms with Crippen LogP contribution in [-0.2, 0) is 16.1 Å². The maximum absolute atomic E-state index is 14.5.